The van der Waals surface area contributed by atoms with Gasteiger partial charge in [-0.25, -0.2) is 0 Å². The van der Waals surface area contributed by atoms with Crippen LogP contribution in [0.15, 0.2) is 22.3 Å². The SMILES string of the molecule is CC1=C(C)[C](C)([Al]([CH3])[Cl])C(C)=C1C. The fourth-order valence-corrected chi connectivity index (χ4v) is 4.83. The van der Waals surface area contributed by atoms with Gasteiger partial charge < -0.3 is 0 Å². The maximum absolute atomic E-state index is 6.42. The van der Waals surface area contributed by atoms with E-state index in [1.165, 1.54) is 22.3 Å². The maximum Gasteiger partial charge on any atom is 0.411 e. The summed E-state index contributed by atoms with van der Waals surface area (Å²) < 4.78 is 0.218. The Kier molecular flexibility index (Phi) is 3.03. The van der Waals surface area contributed by atoms with E-state index in [-0.39, 0.29) is 4.28 Å². The maximum atomic E-state index is 6.42. The van der Waals surface area contributed by atoms with Crippen LogP contribution < -0.4 is 0 Å². The molecule has 13 heavy (non-hydrogen) atoms. The molecule has 0 aromatic carbocycles. The summed E-state index contributed by atoms with van der Waals surface area (Å²) in [5, 5.41) is 0. The first-order chi connectivity index (χ1) is 5.83. The average molecular weight is 213 g/mol. The summed E-state index contributed by atoms with van der Waals surface area (Å²) in [6.45, 7) is 11.2. The molecule has 1 aliphatic rings. The van der Waals surface area contributed by atoms with Gasteiger partial charge in [-0.3, -0.25) is 10.0 Å². The monoisotopic (exact) mass is 212 g/mol. The molecule has 0 radical (unpaired) electrons. The van der Waals surface area contributed by atoms with E-state index in [9.17, 15) is 0 Å². The lowest BCUT2D eigenvalue weighted by atomic mass is 9.98. The van der Waals surface area contributed by atoms with Crippen LogP contribution in [0.2, 0.25) is 10.1 Å². The molecule has 0 N–H and O–H groups in total. The Balaban J connectivity index is 3.31. The Bertz CT molecular complexity index is 273. The summed E-state index contributed by atoms with van der Waals surface area (Å²) in [4.78, 5) is 0. The van der Waals surface area contributed by atoms with Crippen LogP contribution in [-0.2, 0) is 0 Å². The number of halogens is 1. The molecule has 0 atom stereocenters. The normalized spacial score (nSPS) is 21.5. The molecular weight excluding hydrogens is 195 g/mol. The van der Waals surface area contributed by atoms with Gasteiger partial charge in [-0.1, -0.05) is 23.9 Å². The van der Waals surface area contributed by atoms with E-state index in [1.54, 1.807) is 0 Å². The standard InChI is InChI=1S/C10H15.CH3.Al.ClH/c1-6-7(2)9(4)10(5)8(6)3;;;/h1-5H3;1H3;;1H/q;;+1;/p-1. The molecule has 0 bridgehead atoms. The van der Waals surface area contributed by atoms with Crippen molar-refractivity contribution in [3.8, 4) is 0 Å². The minimum atomic E-state index is -1.17. The van der Waals surface area contributed by atoms with Crippen LogP contribution >= 0.6 is 10.0 Å². The topological polar surface area (TPSA) is 0 Å². The minimum absolute atomic E-state index is 0.218. The van der Waals surface area contributed by atoms with Gasteiger partial charge in [0.1, 0.15) is 0 Å². The highest BCUT2D eigenvalue weighted by Crippen LogP contribution is 2.54. The average Bonchev–Trinajstić information content (AvgIpc) is 2.22. The van der Waals surface area contributed by atoms with Gasteiger partial charge in [0.25, 0.3) is 0 Å². The summed E-state index contributed by atoms with van der Waals surface area (Å²) in [5.74, 6) is 2.22. The van der Waals surface area contributed by atoms with Gasteiger partial charge >= 0.3 is 13.2 Å². The van der Waals surface area contributed by atoms with Crippen LogP contribution in [0.3, 0.4) is 0 Å². The van der Waals surface area contributed by atoms with E-state index in [4.69, 9.17) is 10.0 Å². The summed E-state index contributed by atoms with van der Waals surface area (Å²) in [5.41, 5.74) is 5.91. The number of hydrogen-bond acceptors (Lipinski definition) is 0. The van der Waals surface area contributed by atoms with E-state index in [0.29, 0.717) is 0 Å². The molecule has 0 aromatic rings. The Morgan fingerprint density at radius 3 is 1.46 bits per heavy atom. The van der Waals surface area contributed by atoms with E-state index in [0.717, 1.165) is 0 Å². The molecule has 0 aromatic heterocycles. The first-order valence-electron chi connectivity index (χ1n) is 4.83. The second-order valence-corrected chi connectivity index (χ2v) is 8.67. The van der Waals surface area contributed by atoms with Crippen LogP contribution in [0.25, 0.3) is 0 Å². The van der Waals surface area contributed by atoms with Crippen LogP contribution in [0.1, 0.15) is 34.6 Å². The van der Waals surface area contributed by atoms with Crippen molar-refractivity contribution in [2.45, 2.75) is 44.7 Å². The lowest BCUT2D eigenvalue weighted by Crippen LogP contribution is -2.23. The summed E-state index contributed by atoms with van der Waals surface area (Å²) >= 11 is -1.17. The first kappa shape index (κ1) is 11.4. The molecule has 0 fully saturated rings. The van der Waals surface area contributed by atoms with Gasteiger partial charge in [0.15, 0.2) is 0 Å². The molecular formula is C11H18AlCl. The first-order valence-corrected chi connectivity index (χ1v) is 8.31. The molecule has 0 saturated heterocycles. The van der Waals surface area contributed by atoms with Gasteiger partial charge in [0.2, 0.25) is 0 Å². The molecule has 2 heteroatoms. The largest absolute Gasteiger partial charge is 0.411 e. The second-order valence-electron chi connectivity index (χ2n) is 4.32. The van der Waals surface area contributed by atoms with Crippen molar-refractivity contribution < 1.29 is 0 Å². The molecule has 0 nitrogen and oxygen atoms in total. The fraction of sp³-hybridized carbons (Fsp3) is 0.636. The summed E-state index contributed by atoms with van der Waals surface area (Å²) in [6, 6.07) is 0. The molecule has 1 aliphatic carbocycles. The number of hydrogen-bond donors (Lipinski definition) is 0. The zero-order chi connectivity index (χ0) is 10.4. The molecule has 72 valence electrons. The van der Waals surface area contributed by atoms with Gasteiger partial charge in [-0.2, -0.15) is 0 Å². The predicted molar refractivity (Wildman–Crippen MR) is 62.6 cm³/mol. The third kappa shape index (κ3) is 1.42. The predicted octanol–water partition coefficient (Wildman–Crippen LogP) is 4.29. The van der Waals surface area contributed by atoms with E-state index in [2.05, 4.69) is 40.4 Å². The minimum Gasteiger partial charge on any atom is -0.260 e. The summed E-state index contributed by atoms with van der Waals surface area (Å²) in [6.07, 6.45) is 0. The van der Waals surface area contributed by atoms with Crippen molar-refractivity contribution in [1.29, 1.82) is 0 Å². The van der Waals surface area contributed by atoms with Crippen LogP contribution in [-0.4, -0.2) is 13.2 Å². The third-order valence-corrected chi connectivity index (χ3v) is 7.81. The molecule has 0 amide bonds. The number of allylic oxidation sites excluding steroid dienone is 4. The zero-order valence-corrected chi connectivity index (χ0v) is 11.4. The highest BCUT2D eigenvalue weighted by Gasteiger charge is 2.43. The van der Waals surface area contributed by atoms with Gasteiger partial charge in [-0.05, 0) is 43.1 Å². The molecule has 0 heterocycles. The third-order valence-electron chi connectivity index (χ3n) is 4.04. The number of rotatable bonds is 1. The Hall–Kier alpha value is 0.302. The zero-order valence-electron chi connectivity index (χ0n) is 9.46. The van der Waals surface area contributed by atoms with Gasteiger partial charge in [0.05, 0.1) is 0 Å². The molecule has 0 spiro atoms. The highest BCUT2D eigenvalue weighted by molar-refractivity contribution is 7.08. The van der Waals surface area contributed by atoms with E-state index in [1.807, 2.05) is 0 Å². The van der Waals surface area contributed by atoms with Crippen LogP contribution in [0.5, 0.6) is 0 Å². The van der Waals surface area contributed by atoms with Crippen LogP contribution in [0, 0.1) is 0 Å². The quantitative estimate of drug-likeness (QED) is 0.569. The van der Waals surface area contributed by atoms with Crippen molar-refractivity contribution in [1.82, 2.24) is 0 Å². The van der Waals surface area contributed by atoms with Crippen molar-refractivity contribution in [2.24, 2.45) is 0 Å². The second kappa shape index (κ2) is 3.46. The van der Waals surface area contributed by atoms with E-state index < -0.39 is 13.2 Å². The van der Waals surface area contributed by atoms with E-state index >= 15 is 0 Å². The Labute approximate surface area is 90.3 Å². The Morgan fingerprint density at radius 2 is 1.31 bits per heavy atom. The molecule has 0 saturated carbocycles. The van der Waals surface area contributed by atoms with Crippen molar-refractivity contribution in [2.75, 3.05) is 0 Å². The summed E-state index contributed by atoms with van der Waals surface area (Å²) in [7, 11) is 6.42. The van der Waals surface area contributed by atoms with Crippen molar-refractivity contribution in [3.05, 3.63) is 22.3 Å². The van der Waals surface area contributed by atoms with Gasteiger partial charge in [-0.15, -0.1) is 0 Å². The Morgan fingerprint density at radius 1 is 1.00 bits per heavy atom. The molecule has 0 aliphatic heterocycles. The highest BCUT2D eigenvalue weighted by atomic mass is 35.6. The lowest BCUT2D eigenvalue weighted by Gasteiger charge is -2.29. The van der Waals surface area contributed by atoms with Crippen LogP contribution in [0.4, 0.5) is 0 Å². The smallest absolute Gasteiger partial charge is 0.260 e. The van der Waals surface area contributed by atoms with Crippen molar-refractivity contribution in [3.63, 3.8) is 0 Å². The fourth-order valence-electron chi connectivity index (χ4n) is 2.22. The molecule has 1 rings (SSSR count). The lowest BCUT2D eigenvalue weighted by molar-refractivity contribution is 0.825. The van der Waals surface area contributed by atoms with Gasteiger partial charge in [0, 0.05) is 0 Å². The van der Waals surface area contributed by atoms with Crippen molar-refractivity contribution >= 4 is 23.3 Å². The molecule has 0 unspecified atom stereocenters.